The predicted octanol–water partition coefficient (Wildman–Crippen LogP) is 4.22. The number of nitrogens with zero attached hydrogens (tertiary/aromatic N) is 4. The maximum Gasteiger partial charge on any atom is 0.407 e. The minimum Gasteiger partial charge on any atom is -0.481 e. The highest BCUT2D eigenvalue weighted by Gasteiger charge is 2.80. The monoisotopic (exact) mass is 695 g/mol. The number of alkyl halides is 2. The number of pyridine rings is 1. The summed E-state index contributed by atoms with van der Waals surface area (Å²) in [6.07, 6.45) is -0.806. The van der Waals surface area contributed by atoms with Gasteiger partial charge in [0.05, 0.1) is 16.4 Å². The number of halogens is 3. The molecule has 2 N–H and O–H groups in total. The summed E-state index contributed by atoms with van der Waals surface area (Å²) in [6, 6.07) is 7.83. The Labute approximate surface area is 276 Å². The van der Waals surface area contributed by atoms with Crippen molar-refractivity contribution in [3.63, 3.8) is 0 Å². The number of nitrogens with one attached hydrogen (secondary N) is 1. The molecule has 0 radical (unpaired) electrons. The molecule has 3 aliphatic carbocycles. The molecule has 2 amide bonds. The molecule has 254 valence electrons. The summed E-state index contributed by atoms with van der Waals surface area (Å²) < 4.78 is 64.8. The number of aromatic nitrogens is 1. The molecule has 2 aromatic rings. The first-order valence-corrected chi connectivity index (χ1v) is 17.1. The number of benzene rings is 1. The van der Waals surface area contributed by atoms with Gasteiger partial charge in [-0.2, -0.15) is 4.31 Å². The molecule has 7 rings (SSSR count). The summed E-state index contributed by atoms with van der Waals surface area (Å²) in [5, 5.41) is 11.9. The van der Waals surface area contributed by atoms with Crippen molar-refractivity contribution in [2.75, 3.05) is 42.5 Å². The van der Waals surface area contributed by atoms with Crippen LogP contribution in [0.4, 0.5) is 25.1 Å². The Morgan fingerprint density at radius 1 is 1.06 bits per heavy atom. The van der Waals surface area contributed by atoms with Gasteiger partial charge in [-0.3, -0.25) is 9.59 Å². The number of carboxylic acid groups (broad SMARTS) is 1. The second-order valence-electron chi connectivity index (χ2n) is 13.9. The Hall–Kier alpha value is -3.56. The zero-order valence-corrected chi connectivity index (χ0v) is 27.7. The molecule has 47 heavy (non-hydrogen) atoms. The fourth-order valence-electron chi connectivity index (χ4n) is 7.11. The second kappa shape index (κ2) is 11.3. The smallest absolute Gasteiger partial charge is 0.407 e. The third kappa shape index (κ3) is 5.90. The molecule has 1 aromatic carbocycles. The van der Waals surface area contributed by atoms with E-state index in [9.17, 15) is 27.9 Å². The van der Waals surface area contributed by atoms with Crippen LogP contribution in [0.1, 0.15) is 52.0 Å². The standard InChI is InChI=1S/C31H36ClF2N5O7S/c1-28(2,3)46-27(43)35-20-14-25(40)39(15-20)21-4-6-22(7-5-21)47(44,45)38-10-8-37(9-11-38)24-13-19(12-23(32)36-24)31(33,34)30-16-29(17-30,18-30)26(41)42/h4-7,12-13,20H,8-11,14-18H2,1-3H3,(H,35,43)(H,41,42)/t20-,29?,30?/m1/s1. The molecule has 2 bridgehead atoms. The Bertz CT molecular complexity index is 1710. The molecule has 0 spiro atoms. The Morgan fingerprint density at radius 2 is 1.68 bits per heavy atom. The van der Waals surface area contributed by atoms with Gasteiger partial charge in [-0.05, 0) is 76.4 Å². The Morgan fingerprint density at radius 3 is 2.26 bits per heavy atom. The minimum atomic E-state index is -3.91. The minimum absolute atomic E-state index is 0.0327. The van der Waals surface area contributed by atoms with Gasteiger partial charge in [0.25, 0.3) is 5.92 Å². The largest absolute Gasteiger partial charge is 0.481 e. The lowest BCUT2D eigenvalue weighted by Gasteiger charge is -2.70. The van der Waals surface area contributed by atoms with E-state index in [1.54, 1.807) is 37.8 Å². The van der Waals surface area contributed by atoms with Crippen molar-refractivity contribution in [2.24, 2.45) is 10.8 Å². The maximum atomic E-state index is 15.6. The Kier molecular flexibility index (Phi) is 7.99. The normalized spacial score (nSPS) is 26.4. The second-order valence-corrected chi connectivity index (χ2v) is 16.3. The topological polar surface area (TPSA) is 149 Å². The molecule has 12 nitrogen and oxygen atoms in total. The average molecular weight is 696 g/mol. The van der Waals surface area contributed by atoms with E-state index in [1.807, 2.05) is 0 Å². The van der Waals surface area contributed by atoms with Crippen LogP contribution in [0, 0.1) is 10.8 Å². The first-order valence-electron chi connectivity index (χ1n) is 15.3. The number of sulfonamides is 1. The molecule has 16 heteroatoms. The van der Waals surface area contributed by atoms with Crippen molar-refractivity contribution in [2.45, 2.75) is 68.9 Å². The van der Waals surface area contributed by atoms with Crippen LogP contribution in [0.15, 0.2) is 41.3 Å². The lowest BCUT2D eigenvalue weighted by Crippen LogP contribution is -2.70. The van der Waals surface area contributed by atoms with Gasteiger partial charge in [-0.25, -0.2) is 27.0 Å². The third-order valence-corrected chi connectivity index (χ3v) is 11.6. The van der Waals surface area contributed by atoms with Crippen LogP contribution in [-0.4, -0.2) is 85.1 Å². The number of anilines is 2. The lowest BCUT2D eigenvalue weighted by molar-refractivity contribution is -0.314. The highest BCUT2D eigenvalue weighted by atomic mass is 35.5. The Balaban J connectivity index is 1.07. The SMILES string of the molecule is CC(C)(C)OC(=O)N[C@@H]1CC(=O)N(c2ccc(S(=O)(=O)N3CCN(c4cc(C(F)(F)C56CC(C(=O)O)(C5)C6)cc(Cl)n4)CC3)cc2)C1. The number of hydrogen-bond donors (Lipinski definition) is 2. The van der Waals surface area contributed by atoms with Crippen LogP contribution in [0.3, 0.4) is 0 Å². The van der Waals surface area contributed by atoms with Gasteiger partial charge in [0.2, 0.25) is 15.9 Å². The number of carbonyl (C=O) groups is 3. The van der Waals surface area contributed by atoms with E-state index in [1.165, 1.54) is 27.4 Å². The number of ether oxygens (including phenoxy) is 1. The van der Waals surface area contributed by atoms with Gasteiger partial charge < -0.3 is 25.0 Å². The van der Waals surface area contributed by atoms with Crippen LogP contribution >= 0.6 is 11.6 Å². The highest BCUT2D eigenvalue weighted by Crippen LogP contribution is 2.80. The first kappa shape index (κ1) is 33.3. The zero-order valence-electron chi connectivity index (χ0n) is 26.1. The van der Waals surface area contributed by atoms with E-state index >= 15 is 8.78 Å². The number of carbonyl (C=O) groups excluding carboxylic acids is 2. The summed E-state index contributed by atoms with van der Waals surface area (Å²) in [5.74, 6) is -4.36. The third-order valence-electron chi connectivity index (χ3n) is 9.49. The molecule has 2 saturated heterocycles. The van der Waals surface area contributed by atoms with E-state index < -0.39 is 50.5 Å². The summed E-state index contributed by atoms with van der Waals surface area (Å²) in [4.78, 5) is 43.7. The molecular weight excluding hydrogens is 660 g/mol. The molecule has 2 aliphatic heterocycles. The molecule has 5 fully saturated rings. The zero-order chi connectivity index (χ0) is 34.2. The van der Waals surface area contributed by atoms with E-state index in [4.69, 9.17) is 16.3 Å². The van der Waals surface area contributed by atoms with Crippen LogP contribution in [0.5, 0.6) is 0 Å². The quantitative estimate of drug-likeness (QED) is 0.387. The van der Waals surface area contributed by atoms with E-state index in [0.717, 1.165) is 6.07 Å². The predicted molar refractivity (Wildman–Crippen MR) is 167 cm³/mol. The van der Waals surface area contributed by atoms with Crippen molar-refractivity contribution in [1.82, 2.24) is 14.6 Å². The van der Waals surface area contributed by atoms with Crippen molar-refractivity contribution in [3.05, 3.63) is 47.1 Å². The van der Waals surface area contributed by atoms with Gasteiger partial charge in [-0.1, -0.05) is 11.6 Å². The summed E-state index contributed by atoms with van der Waals surface area (Å²) in [5.41, 5.74) is -2.98. The van der Waals surface area contributed by atoms with Crippen LogP contribution in [0.25, 0.3) is 0 Å². The first-order chi connectivity index (χ1) is 21.8. The summed E-state index contributed by atoms with van der Waals surface area (Å²) >= 11 is 6.16. The van der Waals surface area contributed by atoms with Crippen LogP contribution in [0.2, 0.25) is 5.15 Å². The van der Waals surface area contributed by atoms with E-state index in [0.29, 0.717) is 5.69 Å². The van der Waals surface area contributed by atoms with Crippen LogP contribution < -0.4 is 15.1 Å². The number of piperazine rings is 1. The van der Waals surface area contributed by atoms with Crippen molar-refractivity contribution < 1.29 is 41.4 Å². The van der Waals surface area contributed by atoms with Crippen molar-refractivity contribution in [1.29, 1.82) is 0 Å². The molecule has 0 unspecified atom stereocenters. The molecular formula is C31H36ClF2N5O7S. The number of aliphatic carboxylic acids is 1. The fourth-order valence-corrected chi connectivity index (χ4v) is 8.74. The summed E-state index contributed by atoms with van der Waals surface area (Å²) in [6.45, 7) is 5.92. The molecule has 1 atom stereocenters. The van der Waals surface area contributed by atoms with Gasteiger partial charge in [-0.15, -0.1) is 0 Å². The van der Waals surface area contributed by atoms with Crippen molar-refractivity contribution in [3.8, 4) is 0 Å². The fraction of sp³-hybridized carbons (Fsp3) is 0.548. The number of hydrogen-bond acceptors (Lipinski definition) is 8. The van der Waals surface area contributed by atoms with Gasteiger partial charge in [0.15, 0.2) is 0 Å². The molecule has 3 saturated carbocycles. The van der Waals surface area contributed by atoms with E-state index in [-0.39, 0.29) is 85.7 Å². The van der Waals surface area contributed by atoms with E-state index in [2.05, 4.69) is 10.3 Å². The van der Waals surface area contributed by atoms with Crippen LogP contribution in [-0.2, 0) is 30.3 Å². The number of alkyl carbamates (subject to hydrolysis) is 1. The average Bonchev–Trinajstić information content (AvgIpc) is 3.29. The van der Waals surface area contributed by atoms with Gasteiger partial charge >= 0.3 is 12.1 Å². The number of rotatable bonds is 8. The lowest BCUT2D eigenvalue weighted by atomic mass is 9.33. The maximum absolute atomic E-state index is 15.6. The molecule has 1 aromatic heterocycles. The highest BCUT2D eigenvalue weighted by molar-refractivity contribution is 7.89. The molecule has 5 aliphatic rings. The molecule has 3 heterocycles. The number of carboxylic acids is 1. The summed E-state index contributed by atoms with van der Waals surface area (Å²) in [7, 11) is -3.91. The van der Waals surface area contributed by atoms with Gasteiger partial charge in [0, 0.05) is 55.8 Å². The van der Waals surface area contributed by atoms with Gasteiger partial charge in [0.1, 0.15) is 16.6 Å². The van der Waals surface area contributed by atoms with Crippen molar-refractivity contribution >= 4 is 51.1 Å². The number of amides is 2.